The molecule has 96 valence electrons. The SMILES string of the molecule is BrCCC1CCCN(c2nc3ccccc3o2)C1. The zero-order valence-corrected chi connectivity index (χ0v) is 11.9. The summed E-state index contributed by atoms with van der Waals surface area (Å²) in [5.41, 5.74) is 1.84. The van der Waals surface area contributed by atoms with Crippen LogP contribution in [-0.2, 0) is 0 Å². The van der Waals surface area contributed by atoms with E-state index < -0.39 is 0 Å². The molecule has 2 aromatic rings. The number of hydrogen-bond donors (Lipinski definition) is 0. The molecule has 0 amide bonds. The van der Waals surface area contributed by atoms with E-state index in [0.29, 0.717) is 0 Å². The van der Waals surface area contributed by atoms with E-state index >= 15 is 0 Å². The number of benzene rings is 1. The number of piperidine rings is 1. The van der Waals surface area contributed by atoms with Gasteiger partial charge >= 0.3 is 0 Å². The Bertz CT molecular complexity index is 490. The number of anilines is 1. The van der Waals surface area contributed by atoms with Crippen LogP contribution in [0.3, 0.4) is 0 Å². The third kappa shape index (κ3) is 2.39. The lowest BCUT2D eigenvalue weighted by molar-refractivity contribution is 0.389. The molecule has 1 aromatic heterocycles. The van der Waals surface area contributed by atoms with E-state index in [1.807, 2.05) is 24.3 Å². The molecular formula is C14H17BrN2O. The monoisotopic (exact) mass is 308 g/mol. The zero-order chi connectivity index (χ0) is 12.4. The number of hydrogen-bond acceptors (Lipinski definition) is 3. The third-order valence-corrected chi connectivity index (χ3v) is 4.05. The van der Waals surface area contributed by atoms with Crippen LogP contribution in [0.1, 0.15) is 19.3 Å². The lowest BCUT2D eigenvalue weighted by atomic mass is 9.96. The highest BCUT2D eigenvalue weighted by Gasteiger charge is 2.22. The highest BCUT2D eigenvalue weighted by atomic mass is 79.9. The van der Waals surface area contributed by atoms with Crippen molar-refractivity contribution in [3.05, 3.63) is 24.3 Å². The van der Waals surface area contributed by atoms with E-state index in [-0.39, 0.29) is 0 Å². The molecule has 1 aromatic carbocycles. The molecule has 1 fully saturated rings. The average Bonchev–Trinajstić information content (AvgIpc) is 2.83. The molecular weight excluding hydrogens is 292 g/mol. The summed E-state index contributed by atoms with van der Waals surface area (Å²) in [5.74, 6) is 0.758. The van der Waals surface area contributed by atoms with E-state index in [2.05, 4.69) is 25.8 Å². The van der Waals surface area contributed by atoms with Crippen molar-refractivity contribution in [2.24, 2.45) is 5.92 Å². The van der Waals surface area contributed by atoms with Gasteiger partial charge in [0.1, 0.15) is 5.52 Å². The number of aromatic nitrogens is 1. The minimum Gasteiger partial charge on any atom is -0.423 e. The van der Waals surface area contributed by atoms with Crippen molar-refractivity contribution in [1.29, 1.82) is 0 Å². The molecule has 4 heteroatoms. The van der Waals surface area contributed by atoms with Gasteiger partial charge in [-0.15, -0.1) is 0 Å². The van der Waals surface area contributed by atoms with Gasteiger partial charge in [-0.3, -0.25) is 0 Å². The van der Waals surface area contributed by atoms with Gasteiger partial charge in [0.15, 0.2) is 5.58 Å². The molecule has 0 bridgehead atoms. The van der Waals surface area contributed by atoms with E-state index in [0.717, 1.165) is 41.5 Å². The Balaban J connectivity index is 1.80. The Morgan fingerprint density at radius 3 is 3.11 bits per heavy atom. The minimum atomic E-state index is 0.758. The van der Waals surface area contributed by atoms with Crippen molar-refractivity contribution in [3.63, 3.8) is 0 Å². The highest BCUT2D eigenvalue weighted by molar-refractivity contribution is 9.09. The fourth-order valence-corrected chi connectivity index (χ4v) is 3.27. The zero-order valence-electron chi connectivity index (χ0n) is 10.3. The molecule has 1 aliphatic heterocycles. The first-order chi connectivity index (χ1) is 8.86. The van der Waals surface area contributed by atoms with Gasteiger partial charge in [-0.2, -0.15) is 4.98 Å². The van der Waals surface area contributed by atoms with Gasteiger partial charge in [-0.1, -0.05) is 28.1 Å². The summed E-state index contributed by atoms with van der Waals surface area (Å²) in [6.07, 6.45) is 3.79. The molecule has 3 nitrogen and oxygen atoms in total. The Morgan fingerprint density at radius 2 is 2.28 bits per heavy atom. The van der Waals surface area contributed by atoms with Crippen molar-refractivity contribution in [2.45, 2.75) is 19.3 Å². The standard InChI is InChI=1S/C14H17BrN2O/c15-8-7-11-4-3-9-17(10-11)14-16-12-5-1-2-6-13(12)18-14/h1-2,5-6,11H,3-4,7-10H2. The van der Waals surface area contributed by atoms with Gasteiger partial charge in [-0.25, -0.2) is 0 Å². The van der Waals surface area contributed by atoms with Gasteiger partial charge in [-0.05, 0) is 37.3 Å². The van der Waals surface area contributed by atoms with E-state index in [1.165, 1.54) is 19.3 Å². The van der Waals surface area contributed by atoms with Crippen molar-refractivity contribution in [2.75, 3.05) is 23.3 Å². The molecule has 0 aliphatic carbocycles. The van der Waals surface area contributed by atoms with Gasteiger partial charge in [0.05, 0.1) is 0 Å². The first kappa shape index (κ1) is 12.0. The maximum atomic E-state index is 5.84. The van der Waals surface area contributed by atoms with Crippen molar-refractivity contribution >= 4 is 33.0 Å². The molecule has 1 atom stereocenters. The Labute approximate surface area is 115 Å². The molecule has 0 saturated carbocycles. The third-order valence-electron chi connectivity index (χ3n) is 3.59. The van der Waals surface area contributed by atoms with Crippen LogP contribution in [0.5, 0.6) is 0 Å². The Morgan fingerprint density at radius 1 is 1.39 bits per heavy atom. The first-order valence-corrected chi connectivity index (χ1v) is 7.65. The second-order valence-corrected chi connectivity index (χ2v) is 5.69. The molecule has 18 heavy (non-hydrogen) atoms. The molecule has 2 heterocycles. The minimum absolute atomic E-state index is 0.758. The fraction of sp³-hybridized carbons (Fsp3) is 0.500. The number of halogens is 1. The number of nitrogens with zero attached hydrogens (tertiary/aromatic N) is 2. The summed E-state index contributed by atoms with van der Waals surface area (Å²) in [5, 5.41) is 1.08. The maximum Gasteiger partial charge on any atom is 0.298 e. The van der Waals surface area contributed by atoms with Crippen LogP contribution in [0.2, 0.25) is 0 Å². The molecule has 1 unspecified atom stereocenters. The predicted octanol–water partition coefficient (Wildman–Crippen LogP) is 3.83. The second kappa shape index (κ2) is 5.31. The summed E-state index contributed by atoms with van der Waals surface area (Å²) < 4.78 is 5.84. The van der Waals surface area contributed by atoms with E-state index in [9.17, 15) is 0 Å². The maximum absolute atomic E-state index is 5.84. The van der Waals surface area contributed by atoms with Crippen LogP contribution in [-0.4, -0.2) is 23.4 Å². The second-order valence-electron chi connectivity index (χ2n) is 4.90. The molecule has 3 rings (SSSR count). The summed E-state index contributed by atoms with van der Waals surface area (Å²) >= 11 is 3.53. The molecule has 1 aliphatic rings. The summed E-state index contributed by atoms with van der Waals surface area (Å²) in [4.78, 5) is 6.87. The number of oxazole rings is 1. The van der Waals surface area contributed by atoms with E-state index in [1.54, 1.807) is 0 Å². The molecule has 0 spiro atoms. The highest BCUT2D eigenvalue weighted by Crippen LogP contribution is 2.27. The van der Waals surface area contributed by atoms with Gasteiger partial charge in [0, 0.05) is 18.4 Å². The predicted molar refractivity (Wildman–Crippen MR) is 77.4 cm³/mol. The van der Waals surface area contributed by atoms with Gasteiger partial charge in [0.2, 0.25) is 0 Å². The number of para-hydroxylation sites is 2. The van der Waals surface area contributed by atoms with Crippen LogP contribution in [0, 0.1) is 5.92 Å². The van der Waals surface area contributed by atoms with Crippen molar-refractivity contribution in [3.8, 4) is 0 Å². The van der Waals surface area contributed by atoms with Crippen LogP contribution in [0.25, 0.3) is 11.1 Å². The van der Waals surface area contributed by atoms with Gasteiger partial charge < -0.3 is 9.32 Å². The number of fused-ring (bicyclic) bond motifs is 1. The number of alkyl halides is 1. The largest absolute Gasteiger partial charge is 0.423 e. The lowest BCUT2D eigenvalue weighted by Gasteiger charge is -2.31. The lowest BCUT2D eigenvalue weighted by Crippen LogP contribution is -2.35. The molecule has 1 saturated heterocycles. The fourth-order valence-electron chi connectivity index (χ4n) is 2.62. The summed E-state index contributed by atoms with van der Waals surface area (Å²) in [7, 11) is 0. The van der Waals surface area contributed by atoms with Crippen molar-refractivity contribution in [1.82, 2.24) is 4.98 Å². The topological polar surface area (TPSA) is 29.3 Å². The Kier molecular flexibility index (Phi) is 3.55. The van der Waals surface area contributed by atoms with Crippen LogP contribution in [0.15, 0.2) is 28.7 Å². The van der Waals surface area contributed by atoms with E-state index in [4.69, 9.17) is 4.42 Å². The Hall–Kier alpha value is -1.03. The van der Waals surface area contributed by atoms with Gasteiger partial charge in [0.25, 0.3) is 6.01 Å². The molecule has 0 radical (unpaired) electrons. The van der Waals surface area contributed by atoms with Crippen LogP contribution in [0.4, 0.5) is 6.01 Å². The molecule has 0 N–H and O–H groups in total. The average molecular weight is 309 g/mol. The normalized spacial score (nSPS) is 20.5. The van der Waals surface area contributed by atoms with Crippen LogP contribution >= 0.6 is 15.9 Å². The summed E-state index contributed by atoms with van der Waals surface area (Å²) in [6, 6.07) is 8.75. The number of rotatable bonds is 3. The first-order valence-electron chi connectivity index (χ1n) is 6.53. The smallest absolute Gasteiger partial charge is 0.298 e. The quantitative estimate of drug-likeness (QED) is 0.807. The van der Waals surface area contributed by atoms with Crippen molar-refractivity contribution < 1.29 is 4.42 Å². The van der Waals surface area contributed by atoms with Crippen LogP contribution < -0.4 is 4.90 Å². The summed E-state index contributed by atoms with van der Waals surface area (Å²) in [6.45, 7) is 2.13.